The van der Waals surface area contributed by atoms with E-state index in [4.69, 9.17) is 4.74 Å². The van der Waals surface area contributed by atoms with E-state index in [-0.39, 0.29) is 12.5 Å². The minimum Gasteiger partial charge on any atom is -0.464 e. The zero-order valence-corrected chi connectivity index (χ0v) is 14.4. The first-order valence-corrected chi connectivity index (χ1v) is 8.36. The Hall–Kier alpha value is -1.88. The normalized spacial score (nSPS) is 11.3. The summed E-state index contributed by atoms with van der Waals surface area (Å²) in [6.07, 6.45) is 4.43. The number of carbonyl (C=O) groups excluding carboxylic acids is 1. The molecule has 0 radical (unpaired) electrons. The molecule has 1 aromatic heterocycles. The van der Waals surface area contributed by atoms with Gasteiger partial charge in [0.1, 0.15) is 12.4 Å². The van der Waals surface area contributed by atoms with Gasteiger partial charge in [0, 0.05) is 0 Å². The van der Waals surface area contributed by atoms with Crippen LogP contribution in [-0.4, -0.2) is 41.1 Å². The number of carbonyl (C=O) groups is 1. The van der Waals surface area contributed by atoms with Gasteiger partial charge < -0.3 is 14.2 Å². The van der Waals surface area contributed by atoms with Crippen molar-refractivity contribution in [3.8, 4) is 0 Å². The average molecular weight is 317 g/mol. The average Bonchev–Trinajstić information content (AvgIpc) is 2.84. The van der Waals surface area contributed by atoms with Crippen molar-refractivity contribution >= 4 is 17.0 Å². The van der Waals surface area contributed by atoms with Crippen molar-refractivity contribution in [3.63, 3.8) is 0 Å². The Bertz CT molecular complexity index is 634. The van der Waals surface area contributed by atoms with Crippen molar-refractivity contribution in [1.82, 2.24) is 14.5 Å². The van der Waals surface area contributed by atoms with Crippen LogP contribution in [0.15, 0.2) is 24.3 Å². The quantitative estimate of drug-likeness (QED) is 0.526. The number of fused-ring (bicyclic) bond motifs is 1. The van der Waals surface area contributed by atoms with Crippen LogP contribution >= 0.6 is 0 Å². The summed E-state index contributed by atoms with van der Waals surface area (Å²) in [5.74, 6) is 0.698. The number of esters is 1. The van der Waals surface area contributed by atoms with Gasteiger partial charge in [0.15, 0.2) is 0 Å². The Kier molecular flexibility index (Phi) is 6.59. The topological polar surface area (TPSA) is 47.4 Å². The van der Waals surface area contributed by atoms with Gasteiger partial charge in [-0.1, -0.05) is 38.3 Å². The second-order valence-corrected chi connectivity index (χ2v) is 6.12. The van der Waals surface area contributed by atoms with Crippen LogP contribution in [0, 0.1) is 0 Å². The number of aromatic nitrogens is 2. The van der Waals surface area contributed by atoms with Crippen LogP contribution in [-0.2, 0) is 22.6 Å². The minimum atomic E-state index is -0.190. The van der Waals surface area contributed by atoms with E-state index in [0.717, 1.165) is 29.7 Å². The van der Waals surface area contributed by atoms with E-state index in [1.54, 1.807) is 0 Å². The molecule has 1 heterocycles. The molecule has 0 saturated heterocycles. The van der Waals surface area contributed by atoms with Gasteiger partial charge in [-0.25, -0.2) is 4.98 Å². The second-order valence-electron chi connectivity index (χ2n) is 6.12. The highest BCUT2D eigenvalue weighted by molar-refractivity contribution is 5.78. The summed E-state index contributed by atoms with van der Waals surface area (Å²) in [4.78, 5) is 18.8. The fraction of sp³-hybridized carbons (Fsp3) is 0.556. The summed E-state index contributed by atoms with van der Waals surface area (Å²) in [6, 6.07) is 7.90. The van der Waals surface area contributed by atoms with E-state index in [2.05, 4.69) is 11.9 Å². The van der Waals surface area contributed by atoms with Gasteiger partial charge >= 0.3 is 5.97 Å². The predicted molar refractivity (Wildman–Crippen MR) is 92.2 cm³/mol. The molecule has 0 aliphatic rings. The molecule has 5 heteroatoms. The van der Waals surface area contributed by atoms with Crippen molar-refractivity contribution in [1.29, 1.82) is 0 Å². The van der Waals surface area contributed by atoms with E-state index in [0.29, 0.717) is 13.2 Å². The van der Waals surface area contributed by atoms with Crippen molar-refractivity contribution in [2.75, 3.05) is 20.7 Å². The van der Waals surface area contributed by atoms with Crippen LogP contribution in [0.5, 0.6) is 0 Å². The second kappa shape index (κ2) is 8.67. The molecule has 0 aliphatic heterocycles. The van der Waals surface area contributed by atoms with Gasteiger partial charge in [-0.2, -0.15) is 0 Å². The molecule has 0 atom stereocenters. The van der Waals surface area contributed by atoms with Crippen molar-refractivity contribution in [2.45, 2.75) is 45.7 Å². The lowest BCUT2D eigenvalue weighted by Gasteiger charge is -2.12. The number of imidazole rings is 1. The number of para-hydroxylation sites is 2. The minimum absolute atomic E-state index is 0.190. The lowest BCUT2D eigenvalue weighted by Crippen LogP contribution is -2.20. The predicted octanol–water partition coefficient (Wildman–Crippen LogP) is 3.22. The maximum Gasteiger partial charge on any atom is 0.326 e. The lowest BCUT2D eigenvalue weighted by molar-refractivity contribution is -0.144. The molecule has 0 saturated carbocycles. The van der Waals surface area contributed by atoms with E-state index < -0.39 is 0 Å². The Morgan fingerprint density at radius 2 is 2.00 bits per heavy atom. The number of ether oxygens (including phenoxy) is 1. The van der Waals surface area contributed by atoms with Crippen LogP contribution in [0.3, 0.4) is 0 Å². The van der Waals surface area contributed by atoms with Gasteiger partial charge in [-0.3, -0.25) is 4.79 Å². The molecule has 0 aliphatic carbocycles. The van der Waals surface area contributed by atoms with Crippen molar-refractivity contribution < 1.29 is 9.53 Å². The molecule has 0 bridgehead atoms. The molecule has 0 spiro atoms. The summed E-state index contributed by atoms with van der Waals surface area (Å²) in [6.45, 7) is 3.59. The summed E-state index contributed by atoms with van der Waals surface area (Å²) in [7, 11) is 3.99. The van der Waals surface area contributed by atoms with Crippen LogP contribution < -0.4 is 0 Å². The highest BCUT2D eigenvalue weighted by Gasteiger charge is 2.14. The van der Waals surface area contributed by atoms with E-state index >= 15 is 0 Å². The molecule has 2 aromatic rings. The number of benzene rings is 1. The number of nitrogens with zero attached hydrogens (tertiary/aromatic N) is 3. The van der Waals surface area contributed by atoms with Gasteiger partial charge in [0.05, 0.1) is 24.2 Å². The Labute approximate surface area is 138 Å². The van der Waals surface area contributed by atoms with Gasteiger partial charge in [-0.15, -0.1) is 0 Å². The summed E-state index contributed by atoms with van der Waals surface area (Å²) < 4.78 is 7.33. The monoisotopic (exact) mass is 317 g/mol. The van der Waals surface area contributed by atoms with E-state index in [1.807, 2.05) is 47.8 Å². The number of rotatable bonds is 9. The summed E-state index contributed by atoms with van der Waals surface area (Å²) in [5, 5.41) is 0. The molecule has 5 nitrogen and oxygen atoms in total. The zero-order chi connectivity index (χ0) is 16.7. The largest absolute Gasteiger partial charge is 0.464 e. The molecular weight excluding hydrogens is 290 g/mol. The third-order valence-corrected chi connectivity index (χ3v) is 3.74. The number of hydrogen-bond donors (Lipinski definition) is 0. The molecule has 1 aromatic carbocycles. The van der Waals surface area contributed by atoms with Crippen LogP contribution in [0.25, 0.3) is 11.0 Å². The zero-order valence-electron chi connectivity index (χ0n) is 14.4. The fourth-order valence-electron chi connectivity index (χ4n) is 2.59. The van der Waals surface area contributed by atoms with Gasteiger partial charge in [0.2, 0.25) is 0 Å². The maximum atomic E-state index is 12.1. The molecule has 0 fully saturated rings. The van der Waals surface area contributed by atoms with Gasteiger partial charge in [0.25, 0.3) is 0 Å². The highest BCUT2D eigenvalue weighted by Crippen LogP contribution is 2.17. The SMILES string of the molecule is CCCCCCOC(=O)Cn1c(CN(C)C)nc2ccccc21. The third kappa shape index (κ3) is 5.06. The summed E-state index contributed by atoms with van der Waals surface area (Å²) in [5.41, 5.74) is 1.90. The van der Waals surface area contributed by atoms with Crippen LogP contribution in [0.1, 0.15) is 38.4 Å². The van der Waals surface area contributed by atoms with Crippen LogP contribution in [0.4, 0.5) is 0 Å². The first-order valence-electron chi connectivity index (χ1n) is 8.36. The Morgan fingerprint density at radius 3 is 2.74 bits per heavy atom. The van der Waals surface area contributed by atoms with E-state index in [9.17, 15) is 4.79 Å². The smallest absolute Gasteiger partial charge is 0.326 e. The van der Waals surface area contributed by atoms with Crippen molar-refractivity contribution in [2.24, 2.45) is 0 Å². The summed E-state index contributed by atoms with van der Waals surface area (Å²) >= 11 is 0. The molecule has 0 unspecified atom stereocenters. The molecule has 126 valence electrons. The number of unbranched alkanes of at least 4 members (excludes halogenated alkanes) is 3. The Balaban J connectivity index is 2.04. The highest BCUT2D eigenvalue weighted by atomic mass is 16.5. The molecule has 2 rings (SSSR count). The molecule has 0 N–H and O–H groups in total. The lowest BCUT2D eigenvalue weighted by atomic mass is 10.2. The number of hydrogen-bond acceptors (Lipinski definition) is 4. The first-order chi connectivity index (χ1) is 11.1. The fourth-order valence-corrected chi connectivity index (χ4v) is 2.59. The van der Waals surface area contributed by atoms with E-state index in [1.165, 1.54) is 12.8 Å². The molecule has 0 amide bonds. The third-order valence-electron chi connectivity index (χ3n) is 3.74. The Morgan fingerprint density at radius 1 is 1.22 bits per heavy atom. The molecule has 23 heavy (non-hydrogen) atoms. The maximum absolute atomic E-state index is 12.1. The van der Waals surface area contributed by atoms with Gasteiger partial charge in [-0.05, 0) is 32.6 Å². The molecular formula is C18H27N3O2. The van der Waals surface area contributed by atoms with Crippen molar-refractivity contribution in [3.05, 3.63) is 30.1 Å². The standard InChI is InChI=1S/C18H27N3O2/c1-4-5-6-9-12-23-18(22)14-21-16-11-8-7-10-15(16)19-17(21)13-20(2)3/h7-8,10-11H,4-6,9,12-14H2,1-3H3. The van der Waals surface area contributed by atoms with Crippen LogP contribution in [0.2, 0.25) is 0 Å². The first kappa shape index (κ1) is 17.5.